The summed E-state index contributed by atoms with van der Waals surface area (Å²) in [5.74, 6) is -2.45. The number of esters is 1. The second-order valence-corrected chi connectivity index (χ2v) is 6.50. The molecule has 0 heterocycles. The number of nitrogens with one attached hydrogen (secondary N) is 1. The van der Waals surface area contributed by atoms with E-state index in [1.165, 1.54) is 30.7 Å². The van der Waals surface area contributed by atoms with Crippen LogP contribution in [0, 0.1) is 5.82 Å². The normalized spacial score (nSPS) is 13.6. The lowest BCUT2D eigenvalue weighted by atomic mass is 10.0. The summed E-state index contributed by atoms with van der Waals surface area (Å²) in [5.41, 5.74) is 2.77. The van der Waals surface area contributed by atoms with Gasteiger partial charge in [-0.1, -0.05) is 24.3 Å². The van der Waals surface area contributed by atoms with Gasteiger partial charge in [-0.05, 0) is 55.5 Å². The summed E-state index contributed by atoms with van der Waals surface area (Å²) in [7, 11) is 0. The summed E-state index contributed by atoms with van der Waals surface area (Å²) >= 11 is 0. The largest absolute Gasteiger partial charge is 0.453 e. The van der Waals surface area contributed by atoms with Crippen LogP contribution in [0.25, 0.3) is 0 Å². The lowest BCUT2D eigenvalue weighted by molar-refractivity contribution is -0.145. The molecule has 0 fully saturated rings. The zero-order valence-electron chi connectivity index (χ0n) is 15.0. The maximum atomic E-state index is 13.5. The summed E-state index contributed by atoms with van der Waals surface area (Å²) in [5, 5.41) is 2.29. The Labute approximate surface area is 156 Å². The highest BCUT2D eigenvalue weighted by atomic mass is 19.1. The Morgan fingerprint density at radius 1 is 1.11 bits per heavy atom. The molecule has 140 valence electrons. The quantitative estimate of drug-likeness (QED) is 0.628. The Kier molecular flexibility index (Phi) is 5.64. The van der Waals surface area contributed by atoms with Crippen molar-refractivity contribution in [2.24, 2.45) is 0 Å². The number of ketones is 1. The van der Waals surface area contributed by atoms with Crippen LogP contribution in [0.5, 0.6) is 0 Å². The fourth-order valence-electron chi connectivity index (χ4n) is 3.15. The van der Waals surface area contributed by atoms with E-state index in [0.29, 0.717) is 5.56 Å². The number of Topliss-reactive ketones (excluding diaryl/α,β-unsaturated/α-hetero) is 1. The predicted octanol–water partition coefficient (Wildman–Crippen LogP) is 2.86. The van der Waals surface area contributed by atoms with Gasteiger partial charge in [0.15, 0.2) is 6.10 Å². The van der Waals surface area contributed by atoms with E-state index in [1.54, 1.807) is 6.07 Å². The number of aryl methyl sites for hydroxylation is 2. The molecule has 0 saturated carbocycles. The van der Waals surface area contributed by atoms with Crippen molar-refractivity contribution in [3.8, 4) is 0 Å². The van der Waals surface area contributed by atoms with Gasteiger partial charge in [-0.3, -0.25) is 14.4 Å². The fraction of sp³-hybridized carbons (Fsp3) is 0.286. The Morgan fingerprint density at radius 3 is 2.63 bits per heavy atom. The fourth-order valence-corrected chi connectivity index (χ4v) is 3.15. The van der Waals surface area contributed by atoms with Gasteiger partial charge in [0.25, 0.3) is 5.91 Å². The first-order valence-corrected chi connectivity index (χ1v) is 8.84. The van der Waals surface area contributed by atoms with Crippen LogP contribution in [0.3, 0.4) is 0 Å². The second kappa shape index (κ2) is 8.12. The lowest BCUT2D eigenvalue weighted by Crippen LogP contribution is -2.34. The molecule has 3 rings (SSSR count). The van der Waals surface area contributed by atoms with Crippen molar-refractivity contribution in [2.75, 3.05) is 6.54 Å². The SMILES string of the molecule is C[C@@H](OC(=O)CNC(=O)c1ccccc1F)C(=O)c1ccc2c(c1)CCC2. The molecule has 0 aromatic heterocycles. The maximum Gasteiger partial charge on any atom is 0.326 e. The molecule has 1 aliphatic rings. The predicted molar refractivity (Wildman–Crippen MR) is 97.1 cm³/mol. The molecule has 6 heteroatoms. The molecule has 1 atom stereocenters. The first-order chi connectivity index (χ1) is 13.0. The number of benzene rings is 2. The Morgan fingerprint density at radius 2 is 1.85 bits per heavy atom. The van der Waals surface area contributed by atoms with Crippen molar-refractivity contribution in [3.63, 3.8) is 0 Å². The van der Waals surface area contributed by atoms with Crippen LogP contribution in [0.1, 0.15) is 45.2 Å². The highest BCUT2D eigenvalue weighted by Gasteiger charge is 2.22. The Hall–Kier alpha value is -3.02. The Bertz CT molecular complexity index is 894. The van der Waals surface area contributed by atoms with Gasteiger partial charge in [0.05, 0.1) is 5.56 Å². The lowest BCUT2D eigenvalue weighted by Gasteiger charge is -2.13. The first-order valence-electron chi connectivity index (χ1n) is 8.84. The van der Waals surface area contributed by atoms with Crippen LogP contribution < -0.4 is 5.32 Å². The number of carbonyl (C=O) groups is 3. The van der Waals surface area contributed by atoms with Crippen LogP contribution >= 0.6 is 0 Å². The highest BCUT2D eigenvalue weighted by Crippen LogP contribution is 2.23. The van der Waals surface area contributed by atoms with Gasteiger partial charge in [0.2, 0.25) is 5.78 Å². The van der Waals surface area contributed by atoms with Gasteiger partial charge < -0.3 is 10.1 Å². The molecule has 2 aromatic carbocycles. The van der Waals surface area contributed by atoms with Gasteiger partial charge in [-0.2, -0.15) is 0 Å². The molecule has 5 nitrogen and oxygen atoms in total. The molecule has 0 saturated heterocycles. The third-order valence-corrected chi connectivity index (χ3v) is 4.57. The summed E-state index contributed by atoms with van der Waals surface area (Å²) < 4.78 is 18.6. The van der Waals surface area contributed by atoms with E-state index in [4.69, 9.17) is 4.74 Å². The number of halogens is 1. The number of hydrogen-bond acceptors (Lipinski definition) is 4. The minimum Gasteiger partial charge on any atom is -0.453 e. The van der Waals surface area contributed by atoms with Gasteiger partial charge in [0.1, 0.15) is 12.4 Å². The summed E-state index contributed by atoms with van der Waals surface area (Å²) in [6.45, 7) is 1.04. The van der Waals surface area contributed by atoms with E-state index in [9.17, 15) is 18.8 Å². The first kappa shape index (κ1) is 18.8. The second-order valence-electron chi connectivity index (χ2n) is 6.50. The standard InChI is InChI=1S/C21H20FNO4/c1-13(20(25)16-10-9-14-5-4-6-15(14)11-16)27-19(24)12-23-21(26)17-7-2-3-8-18(17)22/h2-3,7-11,13H,4-6,12H2,1H3,(H,23,26)/t13-/m1/s1. The van der Waals surface area contributed by atoms with E-state index in [0.717, 1.165) is 30.9 Å². The van der Waals surface area contributed by atoms with Crippen molar-refractivity contribution in [1.29, 1.82) is 0 Å². The number of carbonyl (C=O) groups excluding carboxylic acids is 3. The van der Waals surface area contributed by atoms with Crippen molar-refractivity contribution in [3.05, 3.63) is 70.5 Å². The number of fused-ring (bicyclic) bond motifs is 1. The molecule has 0 bridgehead atoms. The zero-order valence-corrected chi connectivity index (χ0v) is 15.0. The van der Waals surface area contributed by atoms with E-state index >= 15 is 0 Å². The molecule has 0 unspecified atom stereocenters. The number of hydrogen-bond donors (Lipinski definition) is 1. The van der Waals surface area contributed by atoms with Gasteiger partial charge >= 0.3 is 5.97 Å². The van der Waals surface area contributed by atoms with Crippen LogP contribution in [-0.4, -0.2) is 30.3 Å². The van der Waals surface area contributed by atoms with Crippen LogP contribution in [0.4, 0.5) is 4.39 Å². The van der Waals surface area contributed by atoms with Gasteiger partial charge in [-0.15, -0.1) is 0 Å². The van der Waals surface area contributed by atoms with Crippen LogP contribution in [0.2, 0.25) is 0 Å². The van der Waals surface area contributed by atoms with Crippen molar-refractivity contribution in [2.45, 2.75) is 32.3 Å². The molecule has 1 N–H and O–H groups in total. The van der Waals surface area contributed by atoms with Crippen molar-refractivity contribution in [1.82, 2.24) is 5.32 Å². The minimum atomic E-state index is -0.970. The van der Waals surface area contributed by atoms with E-state index in [2.05, 4.69) is 5.32 Å². The monoisotopic (exact) mass is 369 g/mol. The third-order valence-electron chi connectivity index (χ3n) is 4.57. The molecule has 0 aliphatic heterocycles. The number of amides is 1. The molecular formula is C21H20FNO4. The molecular weight excluding hydrogens is 349 g/mol. The maximum absolute atomic E-state index is 13.5. The number of ether oxygens (including phenoxy) is 1. The molecule has 2 aromatic rings. The van der Waals surface area contributed by atoms with E-state index < -0.39 is 30.3 Å². The molecule has 27 heavy (non-hydrogen) atoms. The van der Waals surface area contributed by atoms with Crippen molar-refractivity contribution >= 4 is 17.7 Å². The van der Waals surface area contributed by atoms with Crippen molar-refractivity contribution < 1.29 is 23.5 Å². The molecule has 0 spiro atoms. The molecule has 1 amide bonds. The molecule has 0 radical (unpaired) electrons. The van der Waals surface area contributed by atoms with E-state index in [-0.39, 0.29) is 11.3 Å². The smallest absolute Gasteiger partial charge is 0.326 e. The highest BCUT2D eigenvalue weighted by molar-refractivity contribution is 6.01. The Balaban J connectivity index is 1.53. The minimum absolute atomic E-state index is 0.160. The van der Waals surface area contributed by atoms with Gasteiger partial charge in [0, 0.05) is 5.56 Å². The van der Waals surface area contributed by atoms with Crippen LogP contribution in [0.15, 0.2) is 42.5 Å². The topological polar surface area (TPSA) is 72.5 Å². The molecule has 1 aliphatic carbocycles. The number of rotatable bonds is 6. The van der Waals surface area contributed by atoms with Gasteiger partial charge in [-0.25, -0.2) is 4.39 Å². The summed E-state index contributed by atoms with van der Waals surface area (Å²) in [6.07, 6.45) is 2.09. The van der Waals surface area contributed by atoms with Crippen LogP contribution in [-0.2, 0) is 22.4 Å². The average molecular weight is 369 g/mol. The summed E-state index contributed by atoms with van der Waals surface area (Å²) in [6, 6.07) is 11.0. The summed E-state index contributed by atoms with van der Waals surface area (Å²) in [4.78, 5) is 36.3. The average Bonchev–Trinajstić information content (AvgIpc) is 3.13. The van der Waals surface area contributed by atoms with E-state index in [1.807, 2.05) is 12.1 Å². The third kappa shape index (κ3) is 4.39. The zero-order chi connectivity index (χ0) is 19.4.